The lowest BCUT2D eigenvalue weighted by atomic mass is 10.1. The topological polar surface area (TPSA) is 62.3 Å². The van der Waals surface area contributed by atoms with Gasteiger partial charge in [0.2, 0.25) is 11.8 Å². The van der Waals surface area contributed by atoms with E-state index in [-0.39, 0.29) is 24.2 Å². The van der Waals surface area contributed by atoms with Crippen LogP contribution in [0.4, 0.5) is 10.8 Å². The number of carbonyl (C=O) groups excluding carboxylic acids is 2. The molecule has 1 N–H and O–H groups in total. The van der Waals surface area contributed by atoms with E-state index in [0.717, 1.165) is 22.3 Å². The Morgan fingerprint density at radius 1 is 1.30 bits per heavy atom. The van der Waals surface area contributed by atoms with E-state index >= 15 is 0 Å². The van der Waals surface area contributed by atoms with Crippen LogP contribution in [0.5, 0.6) is 0 Å². The Morgan fingerprint density at radius 2 is 2.07 bits per heavy atom. The number of rotatable bonds is 4. The summed E-state index contributed by atoms with van der Waals surface area (Å²) in [5.74, 6) is -0.601. The molecular weight excluding hydrogens is 382 g/mol. The first-order chi connectivity index (χ1) is 13.0. The van der Waals surface area contributed by atoms with E-state index in [1.807, 2.05) is 36.4 Å². The summed E-state index contributed by atoms with van der Waals surface area (Å²) in [4.78, 5) is 31.1. The Kier molecular flexibility index (Phi) is 4.85. The van der Waals surface area contributed by atoms with Gasteiger partial charge >= 0.3 is 0 Å². The number of aromatic nitrogens is 1. The quantitative estimate of drug-likeness (QED) is 0.702. The van der Waals surface area contributed by atoms with Crippen molar-refractivity contribution in [2.75, 3.05) is 16.8 Å². The molecular formula is C20H18ClN3O2S. The van der Waals surface area contributed by atoms with E-state index < -0.39 is 0 Å². The molecule has 1 aliphatic heterocycles. The van der Waals surface area contributed by atoms with Gasteiger partial charge in [0, 0.05) is 23.7 Å². The van der Waals surface area contributed by atoms with Gasteiger partial charge in [0.1, 0.15) is 0 Å². The normalized spacial score (nSPS) is 16.9. The third-order valence-corrected chi connectivity index (χ3v) is 5.90. The van der Waals surface area contributed by atoms with E-state index in [9.17, 15) is 9.59 Å². The summed E-state index contributed by atoms with van der Waals surface area (Å²) in [7, 11) is 0. The molecule has 5 nitrogen and oxygen atoms in total. The first kappa shape index (κ1) is 17.9. The molecule has 1 saturated heterocycles. The van der Waals surface area contributed by atoms with Gasteiger partial charge in [-0.25, -0.2) is 4.98 Å². The predicted molar refractivity (Wildman–Crippen MR) is 110 cm³/mol. The van der Waals surface area contributed by atoms with Gasteiger partial charge in [-0.15, -0.1) is 0 Å². The summed E-state index contributed by atoms with van der Waals surface area (Å²) in [6, 6.07) is 13.3. The average molecular weight is 400 g/mol. The highest BCUT2D eigenvalue weighted by molar-refractivity contribution is 7.22. The van der Waals surface area contributed by atoms with Crippen molar-refractivity contribution in [3.63, 3.8) is 0 Å². The fraction of sp³-hybridized carbons (Fsp3) is 0.250. The molecule has 27 heavy (non-hydrogen) atoms. The number of fused-ring (bicyclic) bond motifs is 1. The monoisotopic (exact) mass is 399 g/mol. The van der Waals surface area contributed by atoms with Gasteiger partial charge in [0.25, 0.3) is 0 Å². The fourth-order valence-electron chi connectivity index (χ4n) is 3.20. The summed E-state index contributed by atoms with van der Waals surface area (Å²) >= 11 is 7.37. The minimum atomic E-state index is -0.390. The summed E-state index contributed by atoms with van der Waals surface area (Å²) < 4.78 is 0.915. The van der Waals surface area contributed by atoms with Crippen LogP contribution in [-0.2, 0) is 16.0 Å². The third kappa shape index (κ3) is 3.68. The van der Waals surface area contributed by atoms with Crippen molar-refractivity contribution in [2.24, 2.45) is 5.92 Å². The van der Waals surface area contributed by atoms with Crippen LogP contribution in [-0.4, -0.2) is 23.3 Å². The Morgan fingerprint density at radius 3 is 2.81 bits per heavy atom. The third-order valence-electron chi connectivity index (χ3n) is 4.73. The maximum atomic E-state index is 12.6. The number of anilines is 2. The van der Waals surface area contributed by atoms with Gasteiger partial charge in [0.05, 0.1) is 16.1 Å². The van der Waals surface area contributed by atoms with Crippen molar-refractivity contribution in [1.29, 1.82) is 0 Å². The van der Waals surface area contributed by atoms with Gasteiger partial charge in [-0.1, -0.05) is 42.0 Å². The highest BCUT2D eigenvalue weighted by atomic mass is 35.5. The molecule has 0 bridgehead atoms. The first-order valence-electron chi connectivity index (χ1n) is 8.79. The second-order valence-electron chi connectivity index (χ2n) is 6.55. The maximum Gasteiger partial charge on any atom is 0.231 e. The molecule has 1 aliphatic rings. The minimum Gasteiger partial charge on any atom is -0.312 e. The summed E-state index contributed by atoms with van der Waals surface area (Å²) in [6.45, 7) is 2.47. The number of hydrogen-bond acceptors (Lipinski definition) is 4. The van der Waals surface area contributed by atoms with Crippen molar-refractivity contribution in [2.45, 2.75) is 19.8 Å². The Balaban J connectivity index is 1.46. The van der Waals surface area contributed by atoms with E-state index in [2.05, 4.69) is 17.2 Å². The van der Waals surface area contributed by atoms with Crippen molar-refractivity contribution in [3.05, 3.63) is 53.1 Å². The SMILES string of the molecule is CCc1ccc(N2C[C@@H](C(=O)Nc3nc4ccc(Cl)cc4s3)CC2=O)cc1. The zero-order valence-electron chi connectivity index (χ0n) is 14.7. The number of nitrogens with zero attached hydrogens (tertiary/aromatic N) is 2. The van der Waals surface area contributed by atoms with E-state index in [0.29, 0.717) is 16.7 Å². The lowest BCUT2D eigenvalue weighted by molar-refractivity contribution is -0.122. The molecule has 4 rings (SSSR count). The maximum absolute atomic E-state index is 12.6. The fourth-order valence-corrected chi connectivity index (χ4v) is 4.35. The summed E-state index contributed by atoms with van der Waals surface area (Å²) in [5.41, 5.74) is 2.84. The first-order valence-corrected chi connectivity index (χ1v) is 9.99. The largest absolute Gasteiger partial charge is 0.312 e. The smallest absolute Gasteiger partial charge is 0.231 e. The second kappa shape index (κ2) is 7.29. The van der Waals surface area contributed by atoms with Crippen LogP contribution < -0.4 is 10.2 Å². The van der Waals surface area contributed by atoms with Gasteiger partial charge in [-0.2, -0.15) is 0 Å². The van der Waals surface area contributed by atoms with Crippen LogP contribution in [0.1, 0.15) is 18.9 Å². The molecule has 0 aliphatic carbocycles. The number of thiazole rings is 1. The molecule has 1 aromatic heterocycles. The Bertz CT molecular complexity index is 1020. The van der Waals surface area contributed by atoms with Crippen LogP contribution in [0.15, 0.2) is 42.5 Å². The van der Waals surface area contributed by atoms with Crippen LogP contribution in [0.2, 0.25) is 5.02 Å². The molecule has 2 heterocycles. The zero-order valence-corrected chi connectivity index (χ0v) is 16.3. The molecule has 1 fully saturated rings. The highest BCUT2D eigenvalue weighted by Gasteiger charge is 2.35. The van der Waals surface area contributed by atoms with Crippen molar-refractivity contribution in [1.82, 2.24) is 4.98 Å². The average Bonchev–Trinajstić information content (AvgIpc) is 3.24. The van der Waals surface area contributed by atoms with Crippen LogP contribution in [0.3, 0.4) is 0 Å². The zero-order chi connectivity index (χ0) is 19.0. The van der Waals surface area contributed by atoms with Crippen LogP contribution >= 0.6 is 22.9 Å². The number of halogens is 1. The molecule has 0 radical (unpaired) electrons. The molecule has 2 amide bonds. The molecule has 1 atom stereocenters. The second-order valence-corrected chi connectivity index (χ2v) is 8.01. The molecule has 0 unspecified atom stereocenters. The molecule has 7 heteroatoms. The van der Waals surface area contributed by atoms with E-state index in [1.165, 1.54) is 16.9 Å². The summed E-state index contributed by atoms with van der Waals surface area (Å²) in [6.07, 6.45) is 1.16. The van der Waals surface area contributed by atoms with Crippen molar-refractivity contribution in [3.8, 4) is 0 Å². The lowest BCUT2D eigenvalue weighted by Crippen LogP contribution is -2.28. The number of benzene rings is 2. The van der Waals surface area contributed by atoms with E-state index in [4.69, 9.17) is 11.6 Å². The Hall–Kier alpha value is -2.44. The Labute approximate surface area is 166 Å². The number of hydrogen-bond donors (Lipinski definition) is 1. The van der Waals surface area contributed by atoms with Crippen LogP contribution in [0, 0.1) is 5.92 Å². The number of nitrogens with one attached hydrogen (secondary N) is 1. The highest BCUT2D eigenvalue weighted by Crippen LogP contribution is 2.30. The molecule has 0 spiro atoms. The van der Waals surface area contributed by atoms with Gasteiger partial charge in [0.15, 0.2) is 5.13 Å². The standard InChI is InChI=1S/C20H18ClN3O2S/c1-2-12-3-6-15(7-4-12)24-11-13(9-18(24)25)19(26)23-20-22-16-8-5-14(21)10-17(16)27-20/h3-8,10,13H,2,9,11H2,1H3,(H,22,23,26)/t13-/m0/s1. The van der Waals surface area contributed by atoms with Gasteiger partial charge < -0.3 is 10.2 Å². The molecule has 0 saturated carbocycles. The van der Waals surface area contributed by atoms with Gasteiger partial charge in [-0.05, 0) is 42.3 Å². The molecule has 2 aromatic carbocycles. The van der Waals surface area contributed by atoms with Gasteiger partial charge in [-0.3, -0.25) is 9.59 Å². The summed E-state index contributed by atoms with van der Waals surface area (Å²) in [5, 5.41) is 4.01. The van der Waals surface area contributed by atoms with Crippen LogP contribution in [0.25, 0.3) is 10.2 Å². The van der Waals surface area contributed by atoms with Crippen molar-refractivity contribution >= 4 is 55.8 Å². The molecule has 138 valence electrons. The molecule has 3 aromatic rings. The van der Waals surface area contributed by atoms with E-state index in [1.54, 1.807) is 11.0 Å². The number of carbonyl (C=O) groups is 2. The number of amides is 2. The van der Waals surface area contributed by atoms with Crippen molar-refractivity contribution < 1.29 is 9.59 Å². The minimum absolute atomic E-state index is 0.0320. The predicted octanol–water partition coefficient (Wildman–Crippen LogP) is 4.50. The lowest BCUT2D eigenvalue weighted by Gasteiger charge is -2.17. The number of aryl methyl sites for hydroxylation is 1.